The predicted molar refractivity (Wildman–Crippen MR) is 110 cm³/mol. The molecule has 1 N–H and O–H groups in total. The molecule has 3 aromatic carbocycles. The molecule has 0 atom stereocenters. The van der Waals surface area contributed by atoms with Crippen LogP contribution in [0.1, 0.15) is 20.7 Å². The molecule has 3 rings (SSSR count). The van der Waals surface area contributed by atoms with Crippen LogP contribution in [0.3, 0.4) is 0 Å². The lowest BCUT2D eigenvalue weighted by Gasteiger charge is -2.12. The van der Waals surface area contributed by atoms with Gasteiger partial charge in [-0.2, -0.15) is 0 Å². The number of methoxy groups -OCH3 is 2. The van der Waals surface area contributed by atoms with Crippen molar-refractivity contribution in [2.24, 2.45) is 0 Å². The largest absolute Gasteiger partial charge is 0.493 e. The molecule has 0 unspecified atom stereocenters. The first kappa shape index (κ1) is 19.9. The summed E-state index contributed by atoms with van der Waals surface area (Å²) >= 11 is 0. The van der Waals surface area contributed by atoms with Crippen molar-refractivity contribution in [3.05, 3.63) is 83.9 Å². The van der Waals surface area contributed by atoms with E-state index in [0.29, 0.717) is 34.1 Å². The molecule has 0 radical (unpaired) electrons. The maximum atomic E-state index is 12.6. The molecule has 148 valence electrons. The van der Waals surface area contributed by atoms with E-state index in [9.17, 15) is 9.59 Å². The van der Waals surface area contributed by atoms with Gasteiger partial charge in [0.1, 0.15) is 5.75 Å². The van der Waals surface area contributed by atoms with Gasteiger partial charge in [-0.15, -0.1) is 0 Å². The SMILES string of the molecule is COc1ccc(C(=O)COc2ccccc2C(=O)Nc2ccccc2)cc1OC. The van der Waals surface area contributed by atoms with Gasteiger partial charge in [-0.05, 0) is 42.5 Å². The van der Waals surface area contributed by atoms with Crippen molar-refractivity contribution in [2.45, 2.75) is 0 Å². The number of carbonyl (C=O) groups excluding carboxylic acids is 2. The highest BCUT2D eigenvalue weighted by atomic mass is 16.5. The van der Waals surface area contributed by atoms with E-state index < -0.39 is 0 Å². The first-order chi connectivity index (χ1) is 14.1. The van der Waals surface area contributed by atoms with E-state index in [-0.39, 0.29) is 18.3 Å². The number of nitrogens with one attached hydrogen (secondary N) is 1. The van der Waals surface area contributed by atoms with Crippen LogP contribution in [-0.4, -0.2) is 32.5 Å². The second-order valence-electron chi connectivity index (χ2n) is 6.10. The van der Waals surface area contributed by atoms with Crippen molar-refractivity contribution >= 4 is 17.4 Å². The number of amides is 1. The molecule has 6 heteroatoms. The lowest BCUT2D eigenvalue weighted by Crippen LogP contribution is -2.16. The fourth-order valence-corrected chi connectivity index (χ4v) is 2.74. The Morgan fingerprint density at radius 1 is 0.793 bits per heavy atom. The minimum absolute atomic E-state index is 0.217. The average Bonchev–Trinajstić information content (AvgIpc) is 2.77. The number of Topliss-reactive ketones (excluding diaryl/α,β-unsaturated/α-hetero) is 1. The molecule has 0 spiro atoms. The molecule has 0 fully saturated rings. The molecule has 3 aromatic rings. The van der Waals surface area contributed by atoms with Gasteiger partial charge in [0.2, 0.25) is 0 Å². The van der Waals surface area contributed by atoms with Crippen molar-refractivity contribution in [3.8, 4) is 17.2 Å². The van der Waals surface area contributed by atoms with Crippen LogP contribution in [0.15, 0.2) is 72.8 Å². The van der Waals surface area contributed by atoms with E-state index in [4.69, 9.17) is 14.2 Å². The minimum Gasteiger partial charge on any atom is -0.493 e. The highest BCUT2D eigenvalue weighted by molar-refractivity contribution is 6.06. The van der Waals surface area contributed by atoms with Crippen molar-refractivity contribution in [2.75, 3.05) is 26.1 Å². The van der Waals surface area contributed by atoms with Crippen LogP contribution in [0.2, 0.25) is 0 Å². The van der Waals surface area contributed by atoms with E-state index in [1.54, 1.807) is 54.6 Å². The minimum atomic E-state index is -0.314. The second kappa shape index (κ2) is 9.41. The topological polar surface area (TPSA) is 73.9 Å². The van der Waals surface area contributed by atoms with Crippen LogP contribution in [0.4, 0.5) is 5.69 Å². The summed E-state index contributed by atoms with van der Waals surface area (Å²) in [5.74, 6) is 0.762. The van der Waals surface area contributed by atoms with E-state index in [1.807, 2.05) is 18.2 Å². The van der Waals surface area contributed by atoms with Gasteiger partial charge in [-0.25, -0.2) is 0 Å². The summed E-state index contributed by atoms with van der Waals surface area (Å²) < 4.78 is 16.1. The first-order valence-corrected chi connectivity index (χ1v) is 8.96. The molecular weight excluding hydrogens is 370 g/mol. The Kier molecular flexibility index (Phi) is 6.47. The molecule has 29 heavy (non-hydrogen) atoms. The first-order valence-electron chi connectivity index (χ1n) is 8.96. The highest BCUT2D eigenvalue weighted by Crippen LogP contribution is 2.28. The molecule has 6 nitrogen and oxygen atoms in total. The number of rotatable bonds is 8. The van der Waals surface area contributed by atoms with E-state index in [0.717, 1.165) is 0 Å². The molecule has 0 aromatic heterocycles. The molecule has 0 aliphatic carbocycles. The van der Waals surface area contributed by atoms with Crippen molar-refractivity contribution < 1.29 is 23.8 Å². The summed E-state index contributed by atoms with van der Waals surface area (Å²) in [4.78, 5) is 25.1. The standard InChI is InChI=1S/C23H21NO5/c1-27-21-13-12-16(14-22(21)28-2)19(25)15-29-20-11-7-6-10-18(20)23(26)24-17-8-4-3-5-9-17/h3-14H,15H2,1-2H3,(H,24,26). The Morgan fingerprint density at radius 3 is 2.21 bits per heavy atom. The van der Waals surface area contributed by atoms with Gasteiger partial charge < -0.3 is 19.5 Å². The Hall–Kier alpha value is -3.80. The Balaban J connectivity index is 1.71. The Bertz CT molecular complexity index is 1000. The van der Waals surface area contributed by atoms with E-state index >= 15 is 0 Å². The van der Waals surface area contributed by atoms with Gasteiger partial charge in [-0.1, -0.05) is 30.3 Å². The summed E-state index contributed by atoms with van der Waals surface area (Å²) in [6, 6.07) is 20.8. The summed E-state index contributed by atoms with van der Waals surface area (Å²) in [6.45, 7) is -0.217. The summed E-state index contributed by atoms with van der Waals surface area (Å²) in [7, 11) is 3.03. The molecular formula is C23H21NO5. The average molecular weight is 391 g/mol. The molecule has 0 bridgehead atoms. The van der Waals surface area contributed by atoms with E-state index in [1.165, 1.54) is 14.2 Å². The zero-order valence-corrected chi connectivity index (χ0v) is 16.2. The third-order valence-electron chi connectivity index (χ3n) is 4.23. The van der Waals surface area contributed by atoms with Crippen LogP contribution < -0.4 is 19.5 Å². The van der Waals surface area contributed by atoms with Crippen LogP contribution in [0, 0.1) is 0 Å². The zero-order chi connectivity index (χ0) is 20.6. The van der Waals surface area contributed by atoms with Crippen molar-refractivity contribution in [3.63, 3.8) is 0 Å². The molecule has 0 saturated heterocycles. The summed E-state index contributed by atoms with van der Waals surface area (Å²) in [5, 5.41) is 2.81. The quantitative estimate of drug-likeness (QED) is 0.582. The van der Waals surface area contributed by atoms with Crippen molar-refractivity contribution in [1.29, 1.82) is 0 Å². The highest BCUT2D eigenvalue weighted by Gasteiger charge is 2.15. The third-order valence-corrected chi connectivity index (χ3v) is 4.23. The number of para-hydroxylation sites is 2. The zero-order valence-electron chi connectivity index (χ0n) is 16.2. The number of ketones is 1. The number of carbonyl (C=O) groups is 2. The normalized spacial score (nSPS) is 10.1. The number of benzene rings is 3. The van der Waals surface area contributed by atoms with Crippen LogP contribution in [0.25, 0.3) is 0 Å². The Morgan fingerprint density at radius 2 is 1.48 bits per heavy atom. The van der Waals surface area contributed by atoms with Crippen LogP contribution in [0.5, 0.6) is 17.2 Å². The lowest BCUT2D eigenvalue weighted by atomic mass is 10.1. The summed E-state index contributed by atoms with van der Waals surface area (Å²) in [6.07, 6.45) is 0. The number of anilines is 1. The molecule has 1 amide bonds. The Labute approximate surface area is 169 Å². The maximum Gasteiger partial charge on any atom is 0.259 e. The monoisotopic (exact) mass is 391 g/mol. The summed E-state index contributed by atoms with van der Waals surface area (Å²) in [5.41, 5.74) is 1.44. The van der Waals surface area contributed by atoms with Gasteiger partial charge in [-0.3, -0.25) is 9.59 Å². The van der Waals surface area contributed by atoms with Crippen molar-refractivity contribution in [1.82, 2.24) is 0 Å². The van der Waals surface area contributed by atoms with Gasteiger partial charge in [0, 0.05) is 11.3 Å². The number of hydrogen-bond acceptors (Lipinski definition) is 5. The van der Waals surface area contributed by atoms with Gasteiger partial charge in [0.25, 0.3) is 5.91 Å². The number of hydrogen-bond donors (Lipinski definition) is 1. The molecule has 0 aliphatic rings. The molecule has 0 aliphatic heterocycles. The smallest absolute Gasteiger partial charge is 0.259 e. The van der Waals surface area contributed by atoms with Gasteiger partial charge in [0.05, 0.1) is 19.8 Å². The van der Waals surface area contributed by atoms with Crippen LogP contribution in [-0.2, 0) is 0 Å². The third kappa shape index (κ3) is 4.93. The number of ether oxygens (including phenoxy) is 3. The fraction of sp³-hybridized carbons (Fsp3) is 0.130. The second-order valence-corrected chi connectivity index (χ2v) is 6.10. The van der Waals surface area contributed by atoms with Crippen LogP contribution >= 0.6 is 0 Å². The molecule has 0 saturated carbocycles. The lowest BCUT2D eigenvalue weighted by molar-refractivity contribution is 0.0914. The molecule has 0 heterocycles. The predicted octanol–water partition coefficient (Wildman–Crippen LogP) is 4.22. The van der Waals surface area contributed by atoms with Gasteiger partial charge >= 0.3 is 0 Å². The van der Waals surface area contributed by atoms with E-state index in [2.05, 4.69) is 5.32 Å². The van der Waals surface area contributed by atoms with Gasteiger partial charge in [0.15, 0.2) is 23.9 Å². The maximum absolute atomic E-state index is 12.6. The fourth-order valence-electron chi connectivity index (χ4n) is 2.74.